The Morgan fingerprint density at radius 2 is 1.78 bits per heavy atom. The minimum absolute atomic E-state index is 0.0519. The number of fused-ring (bicyclic) bond motifs is 1. The van der Waals surface area contributed by atoms with Crippen molar-refractivity contribution >= 4 is 34.1 Å². The Hall–Kier alpha value is -4.79. The minimum Gasteiger partial charge on any atom is -0.451 e. The van der Waals surface area contributed by atoms with Crippen molar-refractivity contribution < 1.29 is 9.21 Å². The molecule has 156 valence electrons. The third-order valence-corrected chi connectivity index (χ3v) is 4.70. The van der Waals surface area contributed by atoms with E-state index in [0.717, 1.165) is 5.69 Å². The molecule has 0 saturated heterocycles. The van der Waals surface area contributed by atoms with Gasteiger partial charge in [0.2, 0.25) is 0 Å². The topological polar surface area (TPSA) is 115 Å². The van der Waals surface area contributed by atoms with Crippen LogP contribution in [-0.4, -0.2) is 25.4 Å². The van der Waals surface area contributed by atoms with Crippen LogP contribution in [0.1, 0.15) is 10.6 Å². The van der Waals surface area contributed by atoms with E-state index in [1.54, 1.807) is 77.9 Å². The summed E-state index contributed by atoms with van der Waals surface area (Å²) in [5.74, 6) is 0.734. The molecule has 3 heterocycles. The first-order valence-electron chi connectivity index (χ1n) is 9.67. The lowest BCUT2D eigenvalue weighted by atomic mass is 10.2. The van der Waals surface area contributed by atoms with E-state index >= 15 is 0 Å². The second kappa shape index (κ2) is 8.15. The van der Waals surface area contributed by atoms with Crippen LogP contribution in [-0.2, 0) is 0 Å². The van der Waals surface area contributed by atoms with Gasteiger partial charge in [-0.2, -0.15) is 0 Å². The number of benzene rings is 2. The van der Waals surface area contributed by atoms with Crippen molar-refractivity contribution in [1.82, 2.24) is 19.5 Å². The molecule has 0 aliphatic carbocycles. The maximum absolute atomic E-state index is 12.6. The summed E-state index contributed by atoms with van der Waals surface area (Å²) in [5.41, 5.74) is 1.43. The molecule has 0 unspecified atom stereocenters. The number of imidazole rings is 1. The molecule has 2 N–H and O–H groups in total. The Morgan fingerprint density at radius 3 is 2.59 bits per heavy atom. The fourth-order valence-corrected chi connectivity index (χ4v) is 3.14. The molecule has 0 fully saturated rings. The van der Waals surface area contributed by atoms with Crippen LogP contribution in [0.4, 0.5) is 17.2 Å². The molecular formula is C23H16N6O3. The fourth-order valence-electron chi connectivity index (χ4n) is 3.14. The Balaban J connectivity index is 1.30. The Bertz CT molecular complexity index is 1460. The van der Waals surface area contributed by atoms with Crippen LogP contribution in [0.3, 0.4) is 0 Å². The van der Waals surface area contributed by atoms with Gasteiger partial charge in [0.1, 0.15) is 29.9 Å². The number of para-hydroxylation sites is 1. The van der Waals surface area contributed by atoms with Crippen LogP contribution < -0.4 is 16.1 Å². The largest absolute Gasteiger partial charge is 0.451 e. The summed E-state index contributed by atoms with van der Waals surface area (Å²) in [7, 11) is 0. The molecule has 0 atom stereocenters. The quantitative estimate of drug-likeness (QED) is 0.441. The molecule has 0 radical (unpaired) electrons. The summed E-state index contributed by atoms with van der Waals surface area (Å²) in [4.78, 5) is 37.2. The molecule has 0 saturated carbocycles. The second-order valence-electron chi connectivity index (χ2n) is 6.86. The van der Waals surface area contributed by atoms with E-state index in [1.807, 2.05) is 0 Å². The normalized spacial score (nSPS) is 10.8. The van der Waals surface area contributed by atoms with E-state index in [4.69, 9.17) is 4.42 Å². The van der Waals surface area contributed by atoms with Crippen molar-refractivity contribution in [3.8, 4) is 5.82 Å². The molecule has 0 aliphatic rings. The lowest BCUT2D eigenvalue weighted by molar-refractivity contribution is 0.0997. The number of carbonyl (C=O) groups is 1. The summed E-state index contributed by atoms with van der Waals surface area (Å²) in [6.45, 7) is 0. The highest BCUT2D eigenvalue weighted by atomic mass is 16.3. The first kappa shape index (κ1) is 19.2. The third kappa shape index (κ3) is 3.94. The number of nitrogens with zero attached hydrogens (tertiary/aromatic N) is 4. The summed E-state index contributed by atoms with van der Waals surface area (Å²) in [6.07, 6.45) is 6.58. The van der Waals surface area contributed by atoms with Gasteiger partial charge in [-0.3, -0.25) is 14.2 Å². The predicted molar refractivity (Wildman–Crippen MR) is 119 cm³/mol. The van der Waals surface area contributed by atoms with Gasteiger partial charge in [-0.15, -0.1) is 0 Å². The average Bonchev–Trinajstić information content (AvgIpc) is 3.36. The molecule has 3 aromatic heterocycles. The fraction of sp³-hybridized carbons (Fsp3) is 0. The van der Waals surface area contributed by atoms with Gasteiger partial charge >= 0.3 is 0 Å². The summed E-state index contributed by atoms with van der Waals surface area (Å²) >= 11 is 0. The van der Waals surface area contributed by atoms with E-state index in [0.29, 0.717) is 28.3 Å². The van der Waals surface area contributed by atoms with Gasteiger partial charge in [0.05, 0.1) is 5.39 Å². The van der Waals surface area contributed by atoms with Crippen molar-refractivity contribution in [2.24, 2.45) is 0 Å². The number of hydrogen-bond acceptors (Lipinski definition) is 7. The number of aromatic nitrogens is 4. The molecular weight excluding hydrogens is 408 g/mol. The van der Waals surface area contributed by atoms with E-state index in [1.165, 1.54) is 12.4 Å². The van der Waals surface area contributed by atoms with E-state index in [2.05, 4.69) is 25.6 Å². The van der Waals surface area contributed by atoms with Gasteiger partial charge in [-0.05, 0) is 36.4 Å². The Morgan fingerprint density at radius 1 is 0.969 bits per heavy atom. The first-order chi connectivity index (χ1) is 15.7. The van der Waals surface area contributed by atoms with Gasteiger partial charge in [-0.25, -0.2) is 15.0 Å². The number of anilines is 3. The van der Waals surface area contributed by atoms with Crippen molar-refractivity contribution in [3.63, 3.8) is 0 Å². The molecule has 5 aromatic rings. The Kier molecular flexibility index (Phi) is 4.89. The molecule has 0 spiro atoms. The number of rotatable bonds is 5. The second-order valence-corrected chi connectivity index (χ2v) is 6.86. The van der Waals surface area contributed by atoms with Crippen LogP contribution in [0.15, 0.2) is 94.9 Å². The number of hydrogen-bond donors (Lipinski definition) is 2. The molecule has 2 aromatic carbocycles. The molecule has 0 aliphatic heterocycles. The van der Waals surface area contributed by atoms with Crippen molar-refractivity contribution in [2.45, 2.75) is 0 Å². The van der Waals surface area contributed by atoms with Crippen molar-refractivity contribution in [2.75, 3.05) is 10.6 Å². The van der Waals surface area contributed by atoms with Crippen LogP contribution in [0.2, 0.25) is 0 Å². The predicted octanol–water partition coefficient (Wildman–Crippen LogP) is 3.76. The summed E-state index contributed by atoms with van der Waals surface area (Å²) in [6, 6.07) is 16.8. The number of amides is 1. The highest BCUT2D eigenvalue weighted by Crippen LogP contribution is 2.19. The molecule has 1 amide bonds. The van der Waals surface area contributed by atoms with Crippen LogP contribution >= 0.6 is 0 Å². The van der Waals surface area contributed by atoms with Crippen LogP contribution in [0.5, 0.6) is 0 Å². The smallest absolute Gasteiger partial charge is 0.291 e. The van der Waals surface area contributed by atoms with Crippen LogP contribution in [0.25, 0.3) is 16.8 Å². The van der Waals surface area contributed by atoms with Gasteiger partial charge in [0.25, 0.3) is 5.91 Å². The summed E-state index contributed by atoms with van der Waals surface area (Å²) < 4.78 is 7.35. The zero-order chi connectivity index (χ0) is 21.9. The highest BCUT2D eigenvalue weighted by molar-refractivity contribution is 6.03. The van der Waals surface area contributed by atoms with Gasteiger partial charge in [0.15, 0.2) is 11.2 Å². The van der Waals surface area contributed by atoms with E-state index in [-0.39, 0.29) is 11.2 Å². The standard InChI is InChI=1S/C23H16N6O3/c30-18-11-20(32-19-4-2-1-3-17(18)19)23(31)28-16-7-5-15(6-8-16)27-21-12-22(26-13-25-21)29-10-9-24-14-29/h1-14H,(H,28,31)(H,25,26,27). The SMILES string of the molecule is O=C(Nc1ccc(Nc2cc(-n3ccnc3)ncn2)cc1)c1cc(=O)c2ccccc2o1. The van der Waals surface area contributed by atoms with Crippen molar-refractivity contribution in [3.05, 3.63) is 102 Å². The zero-order valence-corrected chi connectivity index (χ0v) is 16.6. The summed E-state index contributed by atoms with van der Waals surface area (Å²) in [5, 5.41) is 6.35. The van der Waals surface area contributed by atoms with Crippen LogP contribution in [0, 0.1) is 0 Å². The molecule has 9 heteroatoms. The van der Waals surface area contributed by atoms with Gasteiger partial charge in [0, 0.05) is 35.9 Å². The van der Waals surface area contributed by atoms with Crippen molar-refractivity contribution in [1.29, 1.82) is 0 Å². The lowest BCUT2D eigenvalue weighted by Gasteiger charge is -2.09. The number of carbonyl (C=O) groups excluding carboxylic acids is 1. The molecule has 0 bridgehead atoms. The third-order valence-electron chi connectivity index (χ3n) is 4.70. The first-order valence-corrected chi connectivity index (χ1v) is 9.67. The lowest BCUT2D eigenvalue weighted by Crippen LogP contribution is -2.14. The monoisotopic (exact) mass is 424 g/mol. The molecule has 9 nitrogen and oxygen atoms in total. The average molecular weight is 424 g/mol. The molecule has 5 rings (SSSR count). The van der Waals surface area contributed by atoms with Gasteiger partial charge in [-0.1, -0.05) is 12.1 Å². The highest BCUT2D eigenvalue weighted by Gasteiger charge is 2.12. The molecule has 32 heavy (non-hydrogen) atoms. The zero-order valence-electron chi connectivity index (χ0n) is 16.6. The maximum atomic E-state index is 12.6. The van der Waals surface area contributed by atoms with E-state index in [9.17, 15) is 9.59 Å². The number of nitrogens with one attached hydrogen (secondary N) is 2. The van der Waals surface area contributed by atoms with E-state index < -0.39 is 5.91 Å². The van der Waals surface area contributed by atoms with Gasteiger partial charge < -0.3 is 15.1 Å². The Labute approximate surface area is 181 Å². The maximum Gasteiger partial charge on any atom is 0.291 e. The minimum atomic E-state index is -0.505.